The monoisotopic (exact) mass is 337 g/mol. The Hall–Kier alpha value is -2.23. The highest BCUT2D eigenvalue weighted by Gasteiger charge is 2.41. The number of fused-ring (bicyclic) bond motifs is 3. The maximum Gasteiger partial charge on any atom is 0.408 e. The average Bonchev–Trinajstić information content (AvgIpc) is 3.31. The molecule has 3 fully saturated rings. The van der Waals surface area contributed by atoms with Gasteiger partial charge in [0.05, 0.1) is 5.54 Å². The van der Waals surface area contributed by atoms with Crippen LogP contribution in [0.5, 0.6) is 5.75 Å². The smallest absolute Gasteiger partial charge is 0.408 e. The van der Waals surface area contributed by atoms with Gasteiger partial charge in [-0.3, -0.25) is 0 Å². The Labute approximate surface area is 147 Å². The molecule has 5 rings (SSSR count). The van der Waals surface area contributed by atoms with E-state index in [0.717, 1.165) is 28.5 Å². The highest BCUT2D eigenvalue weighted by molar-refractivity contribution is 5.85. The van der Waals surface area contributed by atoms with Crippen LogP contribution in [0.4, 0.5) is 4.79 Å². The minimum atomic E-state index is -0.455. The number of nitrogens with one attached hydrogen (secondary N) is 1. The molecule has 0 radical (unpaired) electrons. The van der Waals surface area contributed by atoms with Gasteiger partial charge >= 0.3 is 6.09 Å². The molecule has 4 atom stereocenters. The van der Waals surface area contributed by atoms with Crippen molar-refractivity contribution in [2.45, 2.75) is 44.2 Å². The summed E-state index contributed by atoms with van der Waals surface area (Å²) in [7, 11) is 0. The fourth-order valence-corrected chi connectivity index (χ4v) is 4.81. The lowest BCUT2D eigenvalue weighted by Crippen LogP contribution is -2.37. The lowest BCUT2D eigenvalue weighted by Gasteiger charge is -2.24. The summed E-state index contributed by atoms with van der Waals surface area (Å²) in [5, 5.41) is 5.22. The molecule has 4 heteroatoms. The van der Waals surface area contributed by atoms with Crippen molar-refractivity contribution in [3.63, 3.8) is 0 Å². The van der Waals surface area contributed by atoms with E-state index in [9.17, 15) is 4.79 Å². The van der Waals surface area contributed by atoms with E-state index in [4.69, 9.17) is 9.47 Å². The Morgan fingerprint density at radius 2 is 1.96 bits per heavy atom. The van der Waals surface area contributed by atoms with E-state index < -0.39 is 5.54 Å². The van der Waals surface area contributed by atoms with Gasteiger partial charge in [-0.25, -0.2) is 4.79 Å². The molecule has 130 valence electrons. The van der Waals surface area contributed by atoms with Crippen molar-refractivity contribution in [3.8, 4) is 5.75 Å². The first kappa shape index (κ1) is 15.1. The molecule has 4 nitrogen and oxygen atoms in total. The van der Waals surface area contributed by atoms with Gasteiger partial charge in [0.25, 0.3) is 0 Å². The Kier molecular flexibility index (Phi) is 3.24. The zero-order valence-corrected chi connectivity index (χ0v) is 14.5. The maximum atomic E-state index is 11.4. The van der Waals surface area contributed by atoms with E-state index in [0.29, 0.717) is 12.7 Å². The topological polar surface area (TPSA) is 47.6 Å². The second-order valence-corrected chi connectivity index (χ2v) is 8.09. The summed E-state index contributed by atoms with van der Waals surface area (Å²) < 4.78 is 11.4. The fourth-order valence-electron chi connectivity index (χ4n) is 4.81. The van der Waals surface area contributed by atoms with Crippen LogP contribution in [0.15, 0.2) is 36.4 Å². The van der Waals surface area contributed by atoms with Crippen molar-refractivity contribution in [2.24, 2.45) is 11.8 Å². The lowest BCUT2D eigenvalue weighted by molar-refractivity contribution is 0.138. The number of amides is 1. The summed E-state index contributed by atoms with van der Waals surface area (Å²) in [5.74, 6) is 2.62. The molecular weight excluding hydrogens is 314 g/mol. The molecule has 1 saturated heterocycles. The second kappa shape index (κ2) is 5.38. The zero-order valence-electron chi connectivity index (χ0n) is 14.5. The minimum absolute atomic E-state index is 0.350. The number of rotatable bonds is 3. The van der Waals surface area contributed by atoms with Crippen molar-refractivity contribution >= 4 is 16.9 Å². The summed E-state index contributed by atoms with van der Waals surface area (Å²) in [5.41, 5.74) is 0.608. The molecule has 2 bridgehead atoms. The Morgan fingerprint density at radius 3 is 2.68 bits per heavy atom. The number of ether oxygens (including phenoxy) is 2. The summed E-state index contributed by atoms with van der Waals surface area (Å²) in [6.07, 6.45) is 5.36. The van der Waals surface area contributed by atoms with Crippen molar-refractivity contribution in [1.82, 2.24) is 5.32 Å². The highest BCUT2D eigenvalue weighted by Crippen LogP contribution is 2.46. The van der Waals surface area contributed by atoms with Crippen LogP contribution in [-0.2, 0) is 10.3 Å². The minimum Gasteiger partial charge on any atom is -0.490 e. The Bertz CT molecular complexity index is 848. The molecular formula is C21H23NO3. The molecule has 2 aromatic rings. The van der Waals surface area contributed by atoms with E-state index >= 15 is 0 Å². The van der Waals surface area contributed by atoms with Crippen molar-refractivity contribution in [2.75, 3.05) is 6.61 Å². The summed E-state index contributed by atoms with van der Waals surface area (Å²) >= 11 is 0. The molecule has 1 aliphatic heterocycles. The average molecular weight is 337 g/mol. The molecule has 0 aromatic heterocycles. The van der Waals surface area contributed by atoms with Crippen LogP contribution in [0.1, 0.15) is 38.2 Å². The van der Waals surface area contributed by atoms with Crippen LogP contribution in [0.3, 0.4) is 0 Å². The standard InChI is InChI=1S/C21H23NO3/c1-21(12-24-20(23)22-21)17-6-4-15-11-18(7-5-14(15)10-17)25-19-9-13-2-3-16(19)8-13/h4-7,10-11,13,16,19H,2-3,8-9,12H2,1H3,(H,22,23)/t13-,16+,19?,21+/m1/s1. The third-order valence-electron chi connectivity index (χ3n) is 6.28. The van der Waals surface area contributed by atoms with Gasteiger partial charge < -0.3 is 14.8 Å². The fraction of sp³-hybridized carbons (Fsp3) is 0.476. The van der Waals surface area contributed by atoms with Crippen LogP contribution in [0, 0.1) is 11.8 Å². The van der Waals surface area contributed by atoms with E-state index in [1.54, 1.807) is 0 Å². The van der Waals surface area contributed by atoms with Gasteiger partial charge in [0.2, 0.25) is 0 Å². The molecule has 1 heterocycles. The van der Waals surface area contributed by atoms with Crippen LogP contribution in [-0.4, -0.2) is 18.8 Å². The van der Waals surface area contributed by atoms with Gasteiger partial charge in [0.1, 0.15) is 18.5 Å². The van der Waals surface area contributed by atoms with Gasteiger partial charge in [-0.2, -0.15) is 0 Å². The quantitative estimate of drug-likeness (QED) is 0.905. The molecule has 1 unspecified atom stereocenters. The van der Waals surface area contributed by atoms with Crippen LogP contribution in [0.25, 0.3) is 10.8 Å². The van der Waals surface area contributed by atoms with Gasteiger partial charge in [-0.15, -0.1) is 0 Å². The van der Waals surface area contributed by atoms with Crippen LogP contribution >= 0.6 is 0 Å². The summed E-state index contributed by atoms with van der Waals surface area (Å²) in [4.78, 5) is 11.4. The SMILES string of the molecule is C[C@@]1(c2ccc3cc(OC4C[C@@H]5CC[C@H]4C5)ccc3c2)COC(=O)N1. The van der Waals surface area contributed by atoms with Gasteiger partial charge in [0, 0.05) is 0 Å². The van der Waals surface area contributed by atoms with E-state index in [1.165, 1.54) is 31.1 Å². The molecule has 1 amide bonds. The predicted molar refractivity (Wildman–Crippen MR) is 95.6 cm³/mol. The molecule has 3 aliphatic rings. The summed E-state index contributed by atoms with van der Waals surface area (Å²) in [6, 6.07) is 12.6. The van der Waals surface area contributed by atoms with E-state index in [1.807, 2.05) is 6.92 Å². The Balaban J connectivity index is 1.40. The number of cyclic esters (lactones) is 1. The van der Waals surface area contributed by atoms with Gasteiger partial charge in [-0.05, 0) is 79.0 Å². The van der Waals surface area contributed by atoms with Gasteiger partial charge in [0.15, 0.2) is 0 Å². The maximum absolute atomic E-state index is 11.4. The molecule has 2 aliphatic carbocycles. The number of alkyl carbamates (subject to hydrolysis) is 1. The number of benzene rings is 2. The van der Waals surface area contributed by atoms with Crippen molar-refractivity contribution < 1.29 is 14.3 Å². The van der Waals surface area contributed by atoms with Crippen molar-refractivity contribution in [3.05, 3.63) is 42.0 Å². The third-order valence-corrected chi connectivity index (χ3v) is 6.28. The predicted octanol–water partition coefficient (Wildman–Crippen LogP) is 4.36. The molecule has 2 aromatic carbocycles. The zero-order chi connectivity index (χ0) is 17.0. The van der Waals surface area contributed by atoms with Crippen molar-refractivity contribution in [1.29, 1.82) is 0 Å². The third kappa shape index (κ3) is 2.55. The first-order chi connectivity index (χ1) is 12.1. The van der Waals surface area contributed by atoms with Gasteiger partial charge in [-0.1, -0.05) is 18.2 Å². The molecule has 2 saturated carbocycles. The molecule has 1 N–H and O–H groups in total. The first-order valence-electron chi connectivity index (χ1n) is 9.25. The number of hydrogen-bond acceptors (Lipinski definition) is 3. The van der Waals surface area contributed by atoms with Crippen LogP contribution in [0.2, 0.25) is 0 Å². The number of carbonyl (C=O) groups excluding carboxylic acids is 1. The lowest BCUT2D eigenvalue weighted by atomic mass is 9.91. The normalized spacial score (nSPS) is 33.5. The van der Waals surface area contributed by atoms with E-state index in [2.05, 4.69) is 41.7 Å². The Morgan fingerprint density at radius 1 is 1.12 bits per heavy atom. The summed E-state index contributed by atoms with van der Waals surface area (Å²) in [6.45, 7) is 2.36. The number of carbonyl (C=O) groups is 1. The highest BCUT2D eigenvalue weighted by atomic mass is 16.6. The number of hydrogen-bond donors (Lipinski definition) is 1. The first-order valence-corrected chi connectivity index (χ1v) is 9.25. The largest absolute Gasteiger partial charge is 0.490 e. The van der Waals surface area contributed by atoms with Crippen LogP contribution < -0.4 is 10.1 Å². The second-order valence-electron chi connectivity index (χ2n) is 8.09. The molecule has 0 spiro atoms. The van der Waals surface area contributed by atoms with E-state index in [-0.39, 0.29) is 6.09 Å². The molecule has 25 heavy (non-hydrogen) atoms.